The normalized spacial score (nSPS) is 11.7. The van der Waals surface area contributed by atoms with Crippen molar-refractivity contribution >= 4 is 65.4 Å². The first-order valence-corrected chi connectivity index (χ1v) is 27.5. The van der Waals surface area contributed by atoms with E-state index in [9.17, 15) is 0 Å². The van der Waals surface area contributed by atoms with Gasteiger partial charge in [0.15, 0.2) is 11.6 Å². The topological polar surface area (TPSA) is 53.5 Å². The minimum absolute atomic E-state index is 0.518. The van der Waals surface area contributed by atoms with Crippen LogP contribution in [0, 0.1) is 0 Å². The van der Waals surface area contributed by atoms with Crippen molar-refractivity contribution in [2.24, 2.45) is 0 Å². The molecule has 0 aliphatic heterocycles. The van der Waals surface area contributed by atoms with Gasteiger partial charge in [-0.2, -0.15) is 9.97 Å². The Kier molecular flexibility index (Phi) is 10.8. The summed E-state index contributed by atoms with van der Waals surface area (Å²) in [5.41, 5.74) is 19.3. The molecule has 4 aromatic heterocycles. The number of nitrogens with zero attached hydrogens (tertiary/aromatic N) is 6. The molecule has 0 N–H and O–H groups in total. The van der Waals surface area contributed by atoms with E-state index in [1.807, 2.05) is 0 Å². The van der Waals surface area contributed by atoms with Crippen LogP contribution < -0.4 is 0 Å². The smallest absolute Gasteiger partial charge is 0.238 e. The van der Waals surface area contributed by atoms with Crippen LogP contribution in [0.5, 0.6) is 0 Å². The van der Waals surface area contributed by atoms with Crippen LogP contribution in [-0.4, -0.2) is 28.7 Å². The molecule has 0 bridgehead atoms. The highest BCUT2D eigenvalue weighted by Crippen LogP contribution is 2.42. The zero-order valence-electron chi connectivity index (χ0n) is 43.9. The second-order valence-electron chi connectivity index (χ2n) is 20.7. The van der Waals surface area contributed by atoms with Gasteiger partial charge in [0, 0.05) is 43.4 Å². The Labute approximate surface area is 467 Å². The number of para-hydroxylation sites is 4. The molecule has 378 valence electrons. The van der Waals surface area contributed by atoms with E-state index in [0.29, 0.717) is 17.6 Å². The molecule has 12 aromatic carbocycles. The average molecular weight is 1030 g/mol. The summed E-state index contributed by atoms with van der Waals surface area (Å²) in [6, 6.07) is 104. The first-order valence-electron chi connectivity index (χ1n) is 27.5. The lowest BCUT2D eigenvalue weighted by atomic mass is 10.0. The first kappa shape index (κ1) is 46.2. The third-order valence-electron chi connectivity index (χ3n) is 16.1. The second kappa shape index (κ2) is 18.9. The summed E-state index contributed by atoms with van der Waals surface area (Å²) in [6.07, 6.45) is 0. The van der Waals surface area contributed by atoms with Crippen molar-refractivity contribution in [1.29, 1.82) is 0 Å². The van der Waals surface area contributed by atoms with Gasteiger partial charge in [-0.05, 0) is 129 Å². The van der Waals surface area contributed by atoms with Gasteiger partial charge < -0.3 is 9.13 Å². The highest BCUT2D eigenvalue weighted by atomic mass is 15.2. The van der Waals surface area contributed by atoms with E-state index in [4.69, 9.17) is 15.0 Å². The Morgan fingerprint density at radius 1 is 0.198 bits per heavy atom. The molecule has 0 aliphatic rings. The second-order valence-corrected chi connectivity index (χ2v) is 20.7. The van der Waals surface area contributed by atoms with Crippen LogP contribution in [0.4, 0.5) is 0 Å². The lowest BCUT2D eigenvalue weighted by Crippen LogP contribution is -2.09. The fourth-order valence-electron chi connectivity index (χ4n) is 12.4. The van der Waals surface area contributed by atoms with E-state index in [-0.39, 0.29) is 0 Å². The van der Waals surface area contributed by atoms with E-state index in [1.165, 1.54) is 43.8 Å². The van der Waals surface area contributed by atoms with E-state index in [0.717, 1.165) is 88.6 Å². The lowest BCUT2D eigenvalue weighted by Gasteiger charge is -2.17. The SMILES string of the molecule is c1ccc(-c2ccc3c(c2)c2cc(-c4ccccc4)ccc2n3-c2nc(-c3ccccc3-n3c4ccccc4c4cc(-c5ccccc5)ccc43)nc(-c3ccccc3-n3c4ccccc4c4cc(-c5ccccc5)ccc43)n2)cc1. The minimum Gasteiger partial charge on any atom is -0.309 e. The highest BCUT2D eigenvalue weighted by molar-refractivity contribution is 6.14. The van der Waals surface area contributed by atoms with Gasteiger partial charge in [0.25, 0.3) is 0 Å². The third kappa shape index (κ3) is 7.68. The molecule has 6 heteroatoms. The van der Waals surface area contributed by atoms with Crippen LogP contribution in [0.25, 0.3) is 150 Å². The average Bonchev–Trinajstić information content (AvgIpc) is 4.40. The maximum Gasteiger partial charge on any atom is 0.238 e. The number of benzene rings is 12. The van der Waals surface area contributed by atoms with Crippen LogP contribution in [0.3, 0.4) is 0 Å². The van der Waals surface area contributed by atoms with Crippen molar-refractivity contribution < 1.29 is 0 Å². The molecule has 81 heavy (non-hydrogen) atoms. The molecule has 0 spiro atoms. The number of hydrogen-bond donors (Lipinski definition) is 0. The highest BCUT2D eigenvalue weighted by Gasteiger charge is 2.25. The Balaban J connectivity index is 0.967. The van der Waals surface area contributed by atoms with Crippen molar-refractivity contribution in [2.75, 3.05) is 0 Å². The van der Waals surface area contributed by atoms with Crippen molar-refractivity contribution in [2.45, 2.75) is 0 Å². The van der Waals surface area contributed by atoms with Gasteiger partial charge in [0.2, 0.25) is 5.95 Å². The Hall–Kier alpha value is -11.0. The van der Waals surface area contributed by atoms with Gasteiger partial charge >= 0.3 is 0 Å². The molecule has 0 saturated carbocycles. The standard InChI is InChI=1S/C75H48N6/c1-5-21-49(22-6-1)53-37-41-69-61(45-53)57-29-13-17-33-65(57)79(69)67-35-19-15-31-59(67)73-76-74(60-32-16-20-36-68(60)80-66-34-18-14-30-58(66)62-46-54(38-42-70(62)80)50-23-7-2-8-24-50)78-75(77-73)81-71-43-39-55(51-25-9-3-10-26-51)47-63(71)64-48-56(40-44-72(64)81)52-27-11-4-12-28-52/h1-48H. The first-order chi connectivity index (χ1) is 40.2. The van der Waals surface area contributed by atoms with Crippen molar-refractivity contribution in [3.63, 3.8) is 0 Å². The Bertz CT molecular complexity index is 4780. The molecule has 6 nitrogen and oxygen atoms in total. The van der Waals surface area contributed by atoms with Crippen molar-refractivity contribution in [3.8, 4) is 84.6 Å². The van der Waals surface area contributed by atoms with Gasteiger partial charge in [-0.25, -0.2) is 4.98 Å². The number of aromatic nitrogens is 6. The maximum absolute atomic E-state index is 5.67. The van der Waals surface area contributed by atoms with Crippen LogP contribution in [0.15, 0.2) is 291 Å². The molecule has 16 aromatic rings. The minimum atomic E-state index is 0.518. The summed E-state index contributed by atoms with van der Waals surface area (Å²) < 4.78 is 7.00. The zero-order chi connectivity index (χ0) is 53.4. The molecule has 0 radical (unpaired) electrons. The predicted molar refractivity (Wildman–Crippen MR) is 335 cm³/mol. The number of rotatable bonds is 9. The molecular weight excluding hydrogens is 985 g/mol. The molecule has 0 amide bonds. The van der Waals surface area contributed by atoms with Crippen LogP contribution in [-0.2, 0) is 0 Å². The molecule has 16 rings (SSSR count). The van der Waals surface area contributed by atoms with Crippen molar-refractivity contribution in [3.05, 3.63) is 291 Å². The largest absolute Gasteiger partial charge is 0.309 e. The van der Waals surface area contributed by atoms with Gasteiger partial charge in [0.05, 0.1) is 44.5 Å². The monoisotopic (exact) mass is 1030 g/mol. The zero-order valence-corrected chi connectivity index (χ0v) is 43.9. The summed E-state index contributed by atoms with van der Waals surface area (Å²) in [4.78, 5) is 17.0. The van der Waals surface area contributed by atoms with Crippen molar-refractivity contribution in [1.82, 2.24) is 28.7 Å². The molecule has 0 atom stereocenters. The van der Waals surface area contributed by atoms with Gasteiger partial charge in [-0.1, -0.05) is 206 Å². The van der Waals surface area contributed by atoms with Crippen LogP contribution >= 0.6 is 0 Å². The summed E-state index contributed by atoms with van der Waals surface area (Å²) >= 11 is 0. The van der Waals surface area contributed by atoms with Gasteiger partial charge in [0.1, 0.15) is 0 Å². The summed E-state index contributed by atoms with van der Waals surface area (Å²) in [6.45, 7) is 0. The van der Waals surface area contributed by atoms with Gasteiger partial charge in [-0.15, -0.1) is 0 Å². The number of fused-ring (bicyclic) bond motifs is 9. The third-order valence-corrected chi connectivity index (χ3v) is 16.1. The van der Waals surface area contributed by atoms with E-state index < -0.39 is 0 Å². The molecular formula is C75H48N6. The summed E-state index contributed by atoms with van der Waals surface area (Å²) in [5.74, 6) is 1.63. The molecule has 0 unspecified atom stereocenters. The molecule has 0 fully saturated rings. The Morgan fingerprint density at radius 2 is 0.481 bits per heavy atom. The van der Waals surface area contributed by atoms with E-state index in [1.54, 1.807) is 0 Å². The summed E-state index contributed by atoms with van der Waals surface area (Å²) in [7, 11) is 0. The fraction of sp³-hybridized carbons (Fsp3) is 0. The number of hydrogen-bond acceptors (Lipinski definition) is 3. The quantitative estimate of drug-likeness (QED) is 0.145. The van der Waals surface area contributed by atoms with Crippen LogP contribution in [0.1, 0.15) is 0 Å². The maximum atomic E-state index is 5.67. The molecule has 0 aliphatic carbocycles. The fourth-order valence-corrected chi connectivity index (χ4v) is 12.4. The Morgan fingerprint density at radius 3 is 0.852 bits per heavy atom. The van der Waals surface area contributed by atoms with Crippen LogP contribution in [0.2, 0.25) is 0 Å². The molecule has 4 heterocycles. The van der Waals surface area contributed by atoms with E-state index >= 15 is 0 Å². The summed E-state index contributed by atoms with van der Waals surface area (Å²) in [5, 5.41) is 6.89. The van der Waals surface area contributed by atoms with E-state index in [2.05, 4.69) is 305 Å². The lowest BCUT2D eigenvalue weighted by molar-refractivity contribution is 0.950. The van der Waals surface area contributed by atoms with Gasteiger partial charge in [-0.3, -0.25) is 4.57 Å². The predicted octanol–water partition coefficient (Wildman–Crippen LogP) is 19.2. The molecule has 0 saturated heterocycles.